The van der Waals surface area contributed by atoms with Crippen LogP contribution in [0.25, 0.3) is 0 Å². The standard InChI is InChI=1S/C17H25NO3/c1-3-18(14-9-5-4-6-10-14)17(19)13-21-16-12-8-7-11-15(16)20-2/h7-8,11-12,14H,3-6,9-10,13H2,1-2H3. The fourth-order valence-electron chi connectivity index (χ4n) is 2.99. The van der Waals surface area contributed by atoms with Crippen molar-refractivity contribution in [3.05, 3.63) is 24.3 Å². The van der Waals surface area contributed by atoms with Crippen molar-refractivity contribution >= 4 is 5.91 Å². The van der Waals surface area contributed by atoms with Gasteiger partial charge in [-0.3, -0.25) is 4.79 Å². The van der Waals surface area contributed by atoms with E-state index in [2.05, 4.69) is 0 Å². The highest BCUT2D eigenvalue weighted by molar-refractivity contribution is 5.78. The Kier molecular flexibility index (Phi) is 5.90. The molecule has 1 aromatic carbocycles. The Labute approximate surface area is 127 Å². The monoisotopic (exact) mass is 291 g/mol. The van der Waals surface area contributed by atoms with Crippen LogP contribution in [-0.2, 0) is 4.79 Å². The quantitative estimate of drug-likeness (QED) is 0.807. The van der Waals surface area contributed by atoms with E-state index >= 15 is 0 Å². The van der Waals surface area contributed by atoms with Gasteiger partial charge in [0, 0.05) is 12.6 Å². The Morgan fingerprint density at radius 2 is 1.86 bits per heavy atom. The molecule has 0 aliphatic heterocycles. The molecule has 0 saturated heterocycles. The molecule has 0 heterocycles. The van der Waals surface area contributed by atoms with Crippen LogP contribution in [0.5, 0.6) is 11.5 Å². The van der Waals surface area contributed by atoms with Gasteiger partial charge in [-0.05, 0) is 31.9 Å². The van der Waals surface area contributed by atoms with E-state index in [-0.39, 0.29) is 12.5 Å². The molecule has 1 aromatic rings. The Hall–Kier alpha value is -1.71. The Morgan fingerprint density at radius 3 is 2.48 bits per heavy atom. The van der Waals surface area contributed by atoms with E-state index in [1.807, 2.05) is 36.1 Å². The third-order valence-corrected chi connectivity index (χ3v) is 4.10. The summed E-state index contributed by atoms with van der Waals surface area (Å²) in [5.41, 5.74) is 0. The lowest BCUT2D eigenvalue weighted by atomic mass is 9.94. The van der Waals surface area contributed by atoms with Gasteiger partial charge in [0.2, 0.25) is 0 Å². The van der Waals surface area contributed by atoms with Gasteiger partial charge >= 0.3 is 0 Å². The molecular weight excluding hydrogens is 266 g/mol. The van der Waals surface area contributed by atoms with Crippen molar-refractivity contribution in [3.63, 3.8) is 0 Å². The van der Waals surface area contributed by atoms with Crippen molar-refractivity contribution in [2.24, 2.45) is 0 Å². The number of hydrogen-bond donors (Lipinski definition) is 0. The number of nitrogens with zero attached hydrogens (tertiary/aromatic N) is 1. The topological polar surface area (TPSA) is 38.8 Å². The average molecular weight is 291 g/mol. The van der Waals surface area contributed by atoms with Crippen molar-refractivity contribution in [2.45, 2.75) is 45.1 Å². The van der Waals surface area contributed by atoms with Crippen molar-refractivity contribution in [1.29, 1.82) is 0 Å². The molecule has 0 radical (unpaired) electrons. The van der Waals surface area contributed by atoms with Gasteiger partial charge in [0.1, 0.15) is 0 Å². The first-order valence-electron chi connectivity index (χ1n) is 7.81. The van der Waals surface area contributed by atoms with E-state index in [0.717, 1.165) is 19.4 Å². The summed E-state index contributed by atoms with van der Waals surface area (Å²) in [5, 5.41) is 0. The van der Waals surface area contributed by atoms with E-state index in [1.54, 1.807) is 7.11 Å². The van der Waals surface area contributed by atoms with Crippen LogP contribution in [0.1, 0.15) is 39.0 Å². The van der Waals surface area contributed by atoms with Gasteiger partial charge in [-0.25, -0.2) is 0 Å². The van der Waals surface area contributed by atoms with Crippen LogP contribution in [0, 0.1) is 0 Å². The van der Waals surface area contributed by atoms with Crippen LogP contribution in [-0.4, -0.2) is 37.1 Å². The Balaban J connectivity index is 1.93. The van der Waals surface area contributed by atoms with Gasteiger partial charge in [0.15, 0.2) is 18.1 Å². The first-order chi connectivity index (χ1) is 10.3. The average Bonchev–Trinajstić information content (AvgIpc) is 2.55. The van der Waals surface area contributed by atoms with E-state index in [4.69, 9.17) is 9.47 Å². The minimum absolute atomic E-state index is 0.0651. The van der Waals surface area contributed by atoms with Crippen LogP contribution < -0.4 is 9.47 Å². The molecular formula is C17H25NO3. The zero-order valence-electron chi connectivity index (χ0n) is 13.0. The third kappa shape index (κ3) is 4.13. The zero-order chi connectivity index (χ0) is 15.1. The number of carbonyl (C=O) groups excluding carboxylic acids is 1. The number of carbonyl (C=O) groups is 1. The van der Waals surface area contributed by atoms with Crippen LogP contribution in [0.3, 0.4) is 0 Å². The molecule has 0 aromatic heterocycles. The van der Waals surface area contributed by atoms with Crippen molar-refractivity contribution in [2.75, 3.05) is 20.3 Å². The molecule has 1 amide bonds. The molecule has 4 nitrogen and oxygen atoms in total. The summed E-state index contributed by atoms with van der Waals surface area (Å²) in [6.07, 6.45) is 5.98. The van der Waals surface area contributed by atoms with Gasteiger partial charge in [-0.1, -0.05) is 31.4 Å². The highest BCUT2D eigenvalue weighted by atomic mass is 16.5. The minimum Gasteiger partial charge on any atom is -0.493 e. The molecule has 0 bridgehead atoms. The maximum absolute atomic E-state index is 12.4. The van der Waals surface area contributed by atoms with E-state index < -0.39 is 0 Å². The number of methoxy groups -OCH3 is 1. The second-order valence-corrected chi connectivity index (χ2v) is 5.41. The fourth-order valence-corrected chi connectivity index (χ4v) is 2.99. The molecule has 0 N–H and O–H groups in total. The van der Waals surface area contributed by atoms with Crippen molar-refractivity contribution in [1.82, 2.24) is 4.90 Å². The van der Waals surface area contributed by atoms with Crippen LogP contribution in [0.15, 0.2) is 24.3 Å². The molecule has 1 fully saturated rings. The highest BCUT2D eigenvalue weighted by Gasteiger charge is 2.24. The predicted octanol–water partition coefficient (Wildman–Crippen LogP) is 3.26. The zero-order valence-corrected chi connectivity index (χ0v) is 13.0. The Bertz CT molecular complexity index is 455. The molecule has 0 atom stereocenters. The van der Waals surface area contributed by atoms with E-state index in [1.165, 1.54) is 19.3 Å². The van der Waals surface area contributed by atoms with Gasteiger partial charge < -0.3 is 14.4 Å². The first-order valence-corrected chi connectivity index (χ1v) is 7.81. The molecule has 0 unspecified atom stereocenters. The maximum Gasteiger partial charge on any atom is 0.260 e. The highest BCUT2D eigenvalue weighted by Crippen LogP contribution is 2.26. The summed E-state index contributed by atoms with van der Waals surface area (Å²) in [5.74, 6) is 1.34. The molecule has 21 heavy (non-hydrogen) atoms. The summed E-state index contributed by atoms with van der Waals surface area (Å²) in [4.78, 5) is 14.4. The molecule has 1 saturated carbocycles. The number of benzene rings is 1. The van der Waals surface area contributed by atoms with Gasteiger partial charge in [-0.2, -0.15) is 0 Å². The lowest BCUT2D eigenvalue weighted by molar-refractivity contribution is -0.136. The van der Waals surface area contributed by atoms with Crippen LogP contribution in [0.4, 0.5) is 0 Å². The largest absolute Gasteiger partial charge is 0.493 e. The first kappa shape index (κ1) is 15.7. The number of ether oxygens (including phenoxy) is 2. The fraction of sp³-hybridized carbons (Fsp3) is 0.588. The minimum atomic E-state index is 0.0651. The smallest absolute Gasteiger partial charge is 0.260 e. The molecule has 1 aliphatic rings. The Morgan fingerprint density at radius 1 is 1.19 bits per heavy atom. The van der Waals surface area contributed by atoms with Crippen LogP contribution >= 0.6 is 0 Å². The number of hydrogen-bond acceptors (Lipinski definition) is 3. The van der Waals surface area contributed by atoms with Crippen molar-refractivity contribution < 1.29 is 14.3 Å². The molecule has 4 heteroatoms. The van der Waals surface area contributed by atoms with E-state index in [0.29, 0.717) is 17.5 Å². The van der Waals surface area contributed by atoms with Crippen LogP contribution in [0.2, 0.25) is 0 Å². The summed E-state index contributed by atoms with van der Waals surface area (Å²) in [6, 6.07) is 7.80. The number of para-hydroxylation sites is 2. The SMILES string of the molecule is CCN(C(=O)COc1ccccc1OC)C1CCCCC1. The molecule has 0 spiro atoms. The number of amides is 1. The normalized spacial score (nSPS) is 15.5. The summed E-state index contributed by atoms with van der Waals surface area (Å²) in [7, 11) is 1.60. The van der Waals surface area contributed by atoms with Gasteiger partial charge in [-0.15, -0.1) is 0 Å². The lowest BCUT2D eigenvalue weighted by Gasteiger charge is -2.33. The number of rotatable bonds is 6. The second-order valence-electron chi connectivity index (χ2n) is 5.41. The third-order valence-electron chi connectivity index (χ3n) is 4.10. The van der Waals surface area contributed by atoms with Gasteiger partial charge in [0.05, 0.1) is 7.11 Å². The molecule has 2 rings (SSSR count). The summed E-state index contributed by atoms with van der Waals surface area (Å²) >= 11 is 0. The summed E-state index contributed by atoms with van der Waals surface area (Å²) < 4.78 is 10.9. The molecule has 116 valence electrons. The summed E-state index contributed by atoms with van der Waals surface area (Å²) in [6.45, 7) is 2.86. The van der Waals surface area contributed by atoms with E-state index in [9.17, 15) is 4.79 Å². The lowest BCUT2D eigenvalue weighted by Crippen LogP contribution is -2.43. The van der Waals surface area contributed by atoms with Gasteiger partial charge in [0.25, 0.3) is 5.91 Å². The maximum atomic E-state index is 12.4. The van der Waals surface area contributed by atoms with Crippen molar-refractivity contribution in [3.8, 4) is 11.5 Å². The number of likely N-dealkylation sites (N-methyl/N-ethyl adjacent to an activating group) is 1. The second kappa shape index (κ2) is 7.91. The predicted molar refractivity (Wildman–Crippen MR) is 82.7 cm³/mol. The molecule has 1 aliphatic carbocycles.